The van der Waals surface area contributed by atoms with Crippen LogP contribution in [0.5, 0.6) is 0 Å². The van der Waals surface area contributed by atoms with Gasteiger partial charge in [0.05, 0.1) is 6.42 Å². The molecule has 0 aromatic rings. The normalized spacial score (nSPS) is 13.4. The van der Waals surface area contributed by atoms with E-state index in [-0.39, 0.29) is 12.8 Å². The molecule has 0 fully saturated rings. The smallest absolute Gasteiger partial charge is 0.326 e. The molecule has 0 aromatic carbocycles. The minimum Gasteiger partial charge on any atom is -0.480 e. The summed E-state index contributed by atoms with van der Waals surface area (Å²) in [6.07, 6.45) is -0.920. The maximum atomic E-state index is 11.3. The van der Waals surface area contributed by atoms with Gasteiger partial charge in [0.2, 0.25) is 11.8 Å². The fourth-order valence-electron chi connectivity index (χ4n) is 1.08. The lowest BCUT2D eigenvalue weighted by molar-refractivity contribution is -0.143. The van der Waals surface area contributed by atoms with Crippen LogP contribution in [-0.2, 0) is 19.2 Å². The van der Waals surface area contributed by atoms with Crippen LogP contribution in [0.2, 0.25) is 0 Å². The van der Waals surface area contributed by atoms with Crippen molar-refractivity contribution < 1.29 is 29.4 Å². The molecule has 0 saturated carbocycles. The Morgan fingerprint density at radius 1 is 1.11 bits per heavy atom. The maximum Gasteiger partial charge on any atom is 0.326 e. The van der Waals surface area contributed by atoms with E-state index in [0.29, 0.717) is 0 Å². The van der Waals surface area contributed by atoms with E-state index in [0.717, 1.165) is 0 Å². The van der Waals surface area contributed by atoms with E-state index in [1.54, 1.807) is 0 Å². The zero-order valence-electron chi connectivity index (χ0n) is 9.46. The topological polar surface area (TPSA) is 173 Å². The van der Waals surface area contributed by atoms with Crippen molar-refractivity contribution in [2.24, 2.45) is 11.5 Å². The molecule has 0 aliphatic heterocycles. The number of carbonyl (C=O) groups excluding carboxylic acids is 2. The van der Waals surface area contributed by atoms with Crippen LogP contribution in [0.4, 0.5) is 0 Å². The van der Waals surface area contributed by atoms with Crippen LogP contribution in [0.1, 0.15) is 19.3 Å². The third-order valence-corrected chi connectivity index (χ3v) is 2.04. The van der Waals surface area contributed by atoms with Crippen molar-refractivity contribution in [1.82, 2.24) is 5.32 Å². The van der Waals surface area contributed by atoms with Crippen LogP contribution in [0.3, 0.4) is 0 Å². The van der Waals surface area contributed by atoms with Gasteiger partial charge >= 0.3 is 11.9 Å². The van der Waals surface area contributed by atoms with Gasteiger partial charge in [0.25, 0.3) is 0 Å². The Labute approximate surface area is 102 Å². The number of carboxylic acid groups (broad SMARTS) is 2. The number of carboxylic acids is 2. The monoisotopic (exact) mass is 261 g/mol. The van der Waals surface area contributed by atoms with Crippen molar-refractivity contribution >= 4 is 23.8 Å². The number of primary amides is 1. The van der Waals surface area contributed by atoms with E-state index in [1.807, 2.05) is 0 Å². The zero-order valence-corrected chi connectivity index (χ0v) is 9.46. The average molecular weight is 261 g/mol. The van der Waals surface area contributed by atoms with Crippen LogP contribution in [0.25, 0.3) is 0 Å². The number of nitrogens with one attached hydrogen (secondary N) is 1. The molecule has 0 aliphatic carbocycles. The Bertz CT molecular complexity index is 356. The van der Waals surface area contributed by atoms with E-state index in [9.17, 15) is 19.2 Å². The first-order valence-corrected chi connectivity index (χ1v) is 5.03. The van der Waals surface area contributed by atoms with Gasteiger partial charge in [-0.25, -0.2) is 4.79 Å². The molecule has 18 heavy (non-hydrogen) atoms. The Hall–Kier alpha value is -2.16. The van der Waals surface area contributed by atoms with E-state index in [1.165, 1.54) is 0 Å². The molecule has 0 radical (unpaired) electrons. The SMILES string of the molecule is NC(=O)CC[C@H](NC(=O)C[C@H](N)C(=O)O)C(=O)O. The molecular formula is C9H15N3O6. The van der Waals surface area contributed by atoms with Gasteiger partial charge in [-0.05, 0) is 6.42 Å². The summed E-state index contributed by atoms with van der Waals surface area (Å²) in [5.74, 6) is -4.22. The highest BCUT2D eigenvalue weighted by Gasteiger charge is 2.23. The molecule has 102 valence electrons. The quantitative estimate of drug-likeness (QED) is 0.324. The molecule has 0 bridgehead atoms. The van der Waals surface area contributed by atoms with Crippen LogP contribution in [-0.4, -0.2) is 46.0 Å². The number of hydrogen-bond acceptors (Lipinski definition) is 5. The lowest BCUT2D eigenvalue weighted by atomic mass is 10.1. The van der Waals surface area contributed by atoms with Gasteiger partial charge in [0.15, 0.2) is 0 Å². The van der Waals surface area contributed by atoms with Crippen molar-refractivity contribution in [3.8, 4) is 0 Å². The number of rotatable bonds is 8. The van der Waals surface area contributed by atoms with Gasteiger partial charge in [0, 0.05) is 6.42 Å². The van der Waals surface area contributed by atoms with Gasteiger partial charge in [-0.2, -0.15) is 0 Å². The molecule has 0 unspecified atom stereocenters. The second-order valence-corrected chi connectivity index (χ2v) is 3.61. The molecule has 2 amide bonds. The summed E-state index contributed by atoms with van der Waals surface area (Å²) in [5, 5.41) is 19.3. The van der Waals surface area contributed by atoms with Crippen LogP contribution < -0.4 is 16.8 Å². The van der Waals surface area contributed by atoms with Crippen LogP contribution in [0, 0.1) is 0 Å². The zero-order chi connectivity index (χ0) is 14.3. The van der Waals surface area contributed by atoms with Crippen LogP contribution >= 0.6 is 0 Å². The van der Waals surface area contributed by atoms with Crippen molar-refractivity contribution in [2.45, 2.75) is 31.3 Å². The second-order valence-electron chi connectivity index (χ2n) is 3.61. The number of aliphatic carboxylic acids is 2. The molecule has 2 atom stereocenters. The number of nitrogens with two attached hydrogens (primary N) is 2. The highest BCUT2D eigenvalue weighted by molar-refractivity contribution is 5.87. The van der Waals surface area contributed by atoms with E-state index < -0.39 is 42.3 Å². The van der Waals surface area contributed by atoms with Gasteiger partial charge in [0.1, 0.15) is 12.1 Å². The molecule has 0 heterocycles. The molecule has 0 aromatic heterocycles. The minimum absolute atomic E-state index is 0.168. The fourth-order valence-corrected chi connectivity index (χ4v) is 1.08. The molecule has 9 nitrogen and oxygen atoms in total. The minimum atomic E-state index is -1.41. The summed E-state index contributed by atoms with van der Waals surface area (Å²) in [6.45, 7) is 0. The Morgan fingerprint density at radius 3 is 2.06 bits per heavy atom. The lowest BCUT2D eigenvalue weighted by Crippen LogP contribution is -2.44. The van der Waals surface area contributed by atoms with E-state index >= 15 is 0 Å². The van der Waals surface area contributed by atoms with Crippen molar-refractivity contribution in [1.29, 1.82) is 0 Å². The largest absolute Gasteiger partial charge is 0.480 e. The third-order valence-electron chi connectivity index (χ3n) is 2.04. The number of carbonyl (C=O) groups is 4. The summed E-state index contributed by atoms with van der Waals surface area (Å²) >= 11 is 0. The standard InChI is InChI=1S/C9H15N3O6/c10-4(8(15)16)3-7(14)12-5(9(17)18)1-2-6(11)13/h4-5H,1-3,10H2,(H2,11,13)(H,12,14)(H,15,16)(H,17,18)/t4-,5-/m0/s1. The van der Waals surface area contributed by atoms with Crippen molar-refractivity contribution in [3.63, 3.8) is 0 Å². The molecule has 0 saturated heterocycles. The number of hydrogen-bond donors (Lipinski definition) is 5. The number of amides is 2. The van der Waals surface area contributed by atoms with Crippen molar-refractivity contribution in [3.05, 3.63) is 0 Å². The molecule has 0 aliphatic rings. The highest BCUT2D eigenvalue weighted by Crippen LogP contribution is 1.99. The van der Waals surface area contributed by atoms with E-state index in [2.05, 4.69) is 5.32 Å². The molecule has 0 rings (SSSR count). The van der Waals surface area contributed by atoms with Gasteiger partial charge in [-0.1, -0.05) is 0 Å². The summed E-state index contributed by atoms with van der Waals surface area (Å²) in [7, 11) is 0. The van der Waals surface area contributed by atoms with Gasteiger partial charge < -0.3 is 27.0 Å². The predicted molar refractivity (Wildman–Crippen MR) is 58.2 cm³/mol. The first kappa shape index (κ1) is 15.8. The molecule has 0 spiro atoms. The average Bonchev–Trinajstić information content (AvgIpc) is 2.23. The first-order valence-electron chi connectivity index (χ1n) is 5.03. The third kappa shape index (κ3) is 6.43. The lowest BCUT2D eigenvalue weighted by Gasteiger charge is -2.14. The van der Waals surface area contributed by atoms with Gasteiger partial charge in [-0.3, -0.25) is 14.4 Å². The predicted octanol–water partition coefficient (Wildman–Crippen LogP) is -2.38. The molecular weight excluding hydrogens is 246 g/mol. The second kappa shape index (κ2) is 7.22. The fraction of sp³-hybridized carbons (Fsp3) is 0.556. The van der Waals surface area contributed by atoms with E-state index in [4.69, 9.17) is 21.7 Å². The Morgan fingerprint density at radius 2 is 1.67 bits per heavy atom. The van der Waals surface area contributed by atoms with Gasteiger partial charge in [-0.15, -0.1) is 0 Å². The highest BCUT2D eigenvalue weighted by atomic mass is 16.4. The van der Waals surface area contributed by atoms with Crippen molar-refractivity contribution in [2.75, 3.05) is 0 Å². The summed E-state index contributed by atoms with van der Waals surface area (Å²) in [5.41, 5.74) is 9.96. The summed E-state index contributed by atoms with van der Waals surface area (Å²) in [4.78, 5) is 42.9. The van der Waals surface area contributed by atoms with Crippen LogP contribution in [0.15, 0.2) is 0 Å². The summed E-state index contributed by atoms with van der Waals surface area (Å²) in [6, 6.07) is -2.71. The maximum absolute atomic E-state index is 11.3. The summed E-state index contributed by atoms with van der Waals surface area (Å²) < 4.78 is 0. The Balaban J connectivity index is 4.32. The Kier molecular flexibility index (Phi) is 6.35. The first-order chi connectivity index (χ1) is 8.23. The molecule has 9 heteroatoms. The molecule has 7 N–H and O–H groups in total.